The molecule has 1 unspecified atom stereocenters. The molecule has 0 heterocycles. The molecule has 84 valence electrons. The van der Waals surface area contributed by atoms with Crippen molar-refractivity contribution in [2.45, 2.75) is 53.1 Å². The number of hydrogen-bond acceptors (Lipinski definition) is 3. The third-order valence-corrected chi connectivity index (χ3v) is 3.54. The smallest absolute Gasteiger partial charge is 0.454 e. The van der Waals surface area contributed by atoms with Gasteiger partial charge in [-0.3, -0.25) is 0 Å². The molecule has 3 nitrogen and oxygen atoms in total. The molecular formula is C10H23AlO3. The molecule has 0 saturated carbocycles. The first kappa shape index (κ1) is 14.4. The summed E-state index contributed by atoms with van der Waals surface area (Å²) in [5.74, 6) is 0. The van der Waals surface area contributed by atoms with Crippen LogP contribution in [-0.2, 0) is 11.4 Å². The fourth-order valence-corrected chi connectivity index (χ4v) is 2.52. The average molecular weight is 218 g/mol. The monoisotopic (exact) mass is 218 g/mol. The van der Waals surface area contributed by atoms with Gasteiger partial charge in [0.15, 0.2) is 0 Å². The van der Waals surface area contributed by atoms with Gasteiger partial charge in [0.2, 0.25) is 0 Å². The van der Waals surface area contributed by atoms with Crippen molar-refractivity contribution in [1.29, 1.82) is 0 Å². The van der Waals surface area contributed by atoms with Gasteiger partial charge in [0.05, 0.1) is 0 Å². The molecule has 0 aliphatic heterocycles. The lowest BCUT2D eigenvalue weighted by atomic mass is 10.3. The van der Waals surface area contributed by atoms with Crippen molar-refractivity contribution in [3.05, 3.63) is 0 Å². The predicted molar refractivity (Wildman–Crippen MR) is 59.1 cm³/mol. The van der Waals surface area contributed by atoms with Crippen molar-refractivity contribution >= 4 is 15.1 Å². The average Bonchev–Trinajstić information content (AvgIpc) is 2.21. The lowest BCUT2D eigenvalue weighted by Gasteiger charge is -2.17. The predicted octanol–water partition coefficient (Wildman–Crippen LogP) is 2.64. The van der Waals surface area contributed by atoms with Crippen LogP contribution in [0.1, 0.15) is 47.0 Å². The molecule has 14 heavy (non-hydrogen) atoms. The molecule has 4 heteroatoms. The van der Waals surface area contributed by atoms with E-state index in [1.807, 2.05) is 0 Å². The molecule has 0 fully saturated rings. The maximum atomic E-state index is 5.70. The molecule has 0 bridgehead atoms. The second-order valence-corrected chi connectivity index (χ2v) is 4.90. The summed E-state index contributed by atoms with van der Waals surface area (Å²) in [6.45, 7) is 9.84. The van der Waals surface area contributed by atoms with E-state index in [0.29, 0.717) is 0 Å². The Labute approximate surface area is 93.1 Å². The summed E-state index contributed by atoms with van der Waals surface area (Å²) in [5, 5.41) is 0. The van der Waals surface area contributed by atoms with Crippen LogP contribution in [0.5, 0.6) is 0 Å². The van der Waals surface area contributed by atoms with Gasteiger partial charge in [0.1, 0.15) is 0 Å². The quantitative estimate of drug-likeness (QED) is 0.557. The number of hydrogen-bond donors (Lipinski definition) is 0. The highest BCUT2D eigenvalue weighted by Crippen LogP contribution is 2.03. The summed E-state index contributed by atoms with van der Waals surface area (Å²) in [5.41, 5.74) is 0. The topological polar surface area (TPSA) is 27.7 Å². The first-order chi connectivity index (χ1) is 6.74. The Morgan fingerprint density at radius 2 is 1.50 bits per heavy atom. The summed E-state index contributed by atoms with van der Waals surface area (Å²) in [6, 6.07) is 0. The Morgan fingerprint density at radius 3 is 1.86 bits per heavy atom. The van der Waals surface area contributed by atoms with E-state index in [4.69, 9.17) is 11.4 Å². The van der Waals surface area contributed by atoms with Gasteiger partial charge < -0.3 is 11.4 Å². The lowest BCUT2D eigenvalue weighted by Crippen LogP contribution is -2.31. The summed E-state index contributed by atoms with van der Waals surface area (Å²) in [4.78, 5) is 0. The minimum Gasteiger partial charge on any atom is -0.454 e. The molecule has 0 radical (unpaired) electrons. The van der Waals surface area contributed by atoms with E-state index in [1.54, 1.807) is 0 Å². The van der Waals surface area contributed by atoms with E-state index in [0.717, 1.165) is 32.5 Å². The molecule has 1 atom stereocenters. The lowest BCUT2D eigenvalue weighted by molar-refractivity contribution is 0.0624. The van der Waals surface area contributed by atoms with Crippen molar-refractivity contribution in [3.8, 4) is 0 Å². The highest BCUT2D eigenvalue weighted by atomic mass is 27.3. The molecule has 0 N–H and O–H groups in total. The van der Waals surface area contributed by atoms with Gasteiger partial charge in [0, 0.05) is 19.3 Å². The van der Waals surface area contributed by atoms with Gasteiger partial charge >= 0.3 is 15.1 Å². The van der Waals surface area contributed by atoms with Crippen LogP contribution >= 0.6 is 0 Å². The van der Waals surface area contributed by atoms with Crippen LogP contribution in [-0.4, -0.2) is 34.5 Å². The highest BCUT2D eigenvalue weighted by molar-refractivity contribution is 6.36. The second-order valence-electron chi connectivity index (χ2n) is 3.39. The molecule has 0 amide bonds. The van der Waals surface area contributed by atoms with Crippen molar-refractivity contribution in [1.82, 2.24) is 0 Å². The molecule has 0 aliphatic carbocycles. The Balaban J connectivity index is 3.71. The molecular weight excluding hydrogens is 195 g/mol. The molecule has 0 rings (SSSR count). The second kappa shape index (κ2) is 9.95. The van der Waals surface area contributed by atoms with Crippen LogP contribution in [0.15, 0.2) is 0 Å². The Hall–Kier alpha value is 0.412. The summed E-state index contributed by atoms with van der Waals surface area (Å²) in [7, 11) is 0. The van der Waals surface area contributed by atoms with Gasteiger partial charge in [0.25, 0.3) is 0 Å². The Morgan fingerprint density at radius 1 is 1.00 bits per heavy atom. The van der Waals surface area contributed by atoms with Gasteiger partial charge in [-0.25, -0.2) is 0 Å². The largest absolute Gasteiger partial charge is 0.905 e. The summed E-state index contributed by atoms with van der Waals surface area (Å²) in [6.07, 6.45) is 3.29. The van der Waals surface area contributed by atoms with E-state index in [-0.39, 0.29) is 6.10 Å². The SMILES string of the molecule is CCC[O][Al]([O]CCC)[O]C(C)CC. The van der Waals surface area contributed by atoms with E-state index >= 15 is 0 Å². The van der Waals surface area contributed by atoms with Gasteiger partial charge in [-0.05, 0) is 26.2 Å². The minimum atomic E-state index is -1.84. The Kier molecular flexibility index (Phi) is 10.2. The molecule has 0 spiro atoms. The third kappa shape index (κ3) is 7.78. The zero-order valence-corrected chi connectivity index (χ0v) is 11.1. The molecule has 0 aromatic heterocycles. The van der Waals surface area contributed by atoms with Crippen molar-refractivity contribution in [3.63, 3.8) is 0 Å². The van der Waals surface area contributed by atoms with E-state index in [1.165, 1.54) is 0 Å². The molecule has 0 aromatic carbocycles. The normalized spacial score (nSPS) is 12.9. The van der Waals surface area contributed by atoms with Gasteiger partial charge in [-0.15, -0.1) is 0 Å². The van der Waals surface area contributed by atoms with E-state index < -0.39 is 15.1 Å². The van der Waals surface area contributed by atoms with Crippen molar-refractivity contribution in [2.24, 2.45) is 0 Å². The maximum Gasteiger partial charge on any atom is 0.905 e. The molecule has 0 aliphatic rings. The van der Waals surface area contributed by atoms with Crippen LogP contribution in [0.25, 0.3) is 0 Å². The van der Waals surface area contributed by atoms with Gasteiger partial charge in [-0.2, -0.15) is 0 Å². The fourth-order valence-electron chi connectivity index (χ4n) is 0.841. The van der Waals surface area contributed by atoms with Crippen LogP contribution in [0, 0.1) is 0 Å². The Bertz CT molecular complexity index is 114. The van der Waals surface area contributed by atoms with Crippen molar-refractivity contribution < 1.29 is 11.4 Å². The number of rotatable bonds is 9. The first-order valence-corrected chi connectivity index (χ1v) is 7.04. The highest BCUT2D eigenvalue weighted by Gasteiger charge is 2.32. The van der Waals surface area contributed by atoms with E-state index in [9.17, 15) is 0 Å². The van der Waals surface area contributed by atoms with Crippen LogP contribution in [0.2, 0.25) is 0 Å². The molecule has 0 aromatic rings. The summed E-state index contributed by atoms with van der Waals surface area (Å²) < 4.78 is 16.8. The zero-order chi connectivity index (χ0) is 10.8. The maximum absolute atomic E-state index is 5.70. The fraction of sp³-hybridized carbons (Fsp3) is 1.00. The van der Waals surface area contributed by atoms with E-state index in [2.05, 4.69) is 27.7 Å². The van der Waals surface area contributed by atoms with Crippen LogP contribution in [0.4, 0.5) is 0 Å². The molecule has 0 saturated heterocycles. The van der Waals surface area contributed by atoms with Gasteiger partial charge in [-0.1, -0.05) is 20.8 Å². The van der Waals surface area contributed by atoms with Crippen LogP contribution < -0.4 is 0 Å². The third-order valence-electron chi connectivity index (χ3n) is 1.83. The first-order valence-electron chi connectivity index (χ1n) is 5.63. The summed E-state index contributed by atoms with van der Waals surface area (Å²) >= 11 is -1.84. The minimum absolute atomic E-state index is 0.250. The standard InChI is InChI=1S/C4H9O.2C3H7O.Al/c1-3-4(2)5;2*1-2-3-4;/h4H,3H2,1-2H3;2*2-3H2,1H3;/q3*-1;+3. The zero-order valence-electron chi connectivity index (χ0n) is 9.91. The van der Waals surface area contributed by atoms with Crippen molar-refractivity contribution in [2.75, 3.05) is 13.2 Å². The van der Waals surface area contributed by atoms with Crippen LogP contribution in [0.3, 0.4) is 0 Å².